The van der Waals surface area contributed by atoms with Crippen LogP contribution in [0.15, 0.2) is 54.9 Å². The summed E-state index contributed by atoms with van der Waals surface area (Å²) >= 11 is 0. The van der Waals surface area contributed by atoms with Gasteiger partial charge in [-0.15, -0.1) is 0 Å². The third-order valence-corrected chi connectivity index (χ3v) is 3.15. The molecule has 21 heavy (non-hydrogen) atoms. The standard InChI is InChI=1S/C17H17N3O/c1-12(18)9-14-10-13-5-2-3-7-16(13)20-17(14)21-15-6-4-8-19-11-15/h2-8,10-12H,9,18H2,1H3. The van der Waals surface area contributed by atoms with Crippen LogP contribution in [0.4, 0.5) is 0 Å². The molecule has 106 valence electrons. The molecule has 2 heterocycles. The Bertz CT molecular complexity index is 741. The third kappa shape index (κ3) is 3.17. The fourth-order valence-electron chi connectivity index (χ4n) is 2.24. The van der Waals surface area contributed by atoms with Crippen LogP contribution in [-0.4, -0.2) is 16.0 Å². The number of nitrogens with zero attached hydrogens (tertiary/aromatic N) is 2. The van der Waals surface area contributed by atoms with Crippen LogP contribution in [0.1, 0.15) is 12.5 Å². The number of pyridine rings is 2. The molecule has 1 unspecified atom stereocenters. The number of benzene rings is 1. The van der Waals surface area contributed by atoms with Gasteiger partial charge in [-0.2, -0.15) is 0 Å². The second kappa shape index (κ2) is 5.89. The lowest BCUT2D eigenvalue weighted by molar-refractivity contribution is 0.454. The maximum Gasteiger partial charge on any atom is 0.223 e. The van der Waals surface area contributed by atoms with Gasteiger partial charge in [0.1, 0.15) is 5.75 Å². The maximum absolute atomic E-state index is 5.94. The number of para-hydroxylation sites is 1. The highest BCUT2D eigenvalue weighted by Gasteiger charge is 2.11. The molecule has 0 saturated heterocycles. The zero-order chi connectivity index (χ0) is 14.7. The van der Waals surface area contributed by atoms with Gasteiger partial charge in [-0.05, 0) is 37.6 Å². The van der Waals surface area contributed by atoms with Crippen molar-refractivity contribution in [3.63, 3.8) is 0 Å². The van der Waals surface area contributed by atoms with Crippen LogP contribution in [-0.2, 0) is 6.42 Å². The van der Waals surface area contributed by atoms with Crippen LogP contribution in [0.2, 0.25) is 0 Å². The summed E-state index contributed by atoms with van der Waals surface area (Å²) in [7, 11) is 0. The number of fused-ring (bicyclic) bond motifs is 1. The van der Waals surface area contributed by atoms with Crippen molar-refractivity contribution in [1.82, 2.24) is 9.97 Å². The second-order valence-corrected chi connectivity index (χ2v) is 5.12. The van der Waals surface area contributed by atoms with E-state index in [4.69, 9.17) is 10.5 Å². The highest BCUT2D eigenvalue weighted by molar-refractivity contribution is 5.80. The highest BCUT2D eigenvalue weighted by Crippen LogP contribution is 2.27. The second-order valence-electron chi connectivity index (χ2n) is 5.12. The summed E-state index contributed by atoms with van der Waals surface area (Å²) in [6.45, 7) is 1.98. The molecule has 3 rings (SSSR count). The first-order chi connectivity index (χ1) is 10.2. The van der Waals surface area contributed by atoms with Crippen molar-refractivity contribution in [1.29, 1.82) is 0 Å². The number of hydrogen-bond acceptors (Lipinski definition) is 4. The minimum Gasteiger partial charge on any atom is -0.437 e. The number of aromatic nitrogens is 2. The van der Waals surface area contributed by atoms with E-state index in [-0.39, 0.29) is 6.04 Å². The van der Waals surface area contributed by atoms with E-state index >= 15 is 0 Å². The molecular formula is C17H17N3O. The first-order valence-electron chi connectivity index (χ1n) is 6.94. The number of rotatable bonds is 4. The molecule has 0 bridgehead atoms. The molecule has 2 aromatic heterocycles. The van der Waals surface area contributed by atoms with E-state index in [0.717, 1.165) is 16.5 Å². The Morgan fingerprint density at radius 3 is 2.81 bits per heavy atom. The number of ether oxygens (including phenoxy) is 1. The summed E-state index contributed by atoms with van der Waals surface area (Å²) in [4.78, 5) is 8.67. The van der Waals surface area contributed by atoms with Crippen molar-refractivity contribution in [3.8, 4) is 11.6 Å². The Morgan fingerprint density at radius 2 is 2.05 bits per heavy atom. The zero-order valence-electron chi connectivity index (χ0n) is 11.9. The van der Waals surface area contributed by atoms with Crippen molar-refractivity contribution in [3.05, 3.63) is 60.4 Å². The summed E-state index contributed by atoms with van der Waals surface area (Å²) in [6.07, 6.45) is 4.10. The zero-order valence-corrected chi connectivity index (χ0v) is 11.9. The van der Waals surface area contributed by atoms with E-state index in [1.165, 1.54) is 0 Å². The molecule has 1 atom stereocenters. The van der Waals surface area contributed by atoms with Gasteiger partial charge < -0.3 is 10.5 Å². The van der Waals surface area contributed by atoms with E-state index in [9.17, 15) is 0 Å². The molecule has 0 spiro atoms. The van der Waals surface area contributed by atoms with Gasteiger partial charge >= 0.3 is 0 Å². The quantitative estimate of drug-likeness (QED) is 0.796. The predicted molar refractivity (Wildman–Crippen MR) is 83.4 cm³/mol. The van der Waals surface area contributed by atoms with Crippen LogP contribution in [0.3, 0.4) is 0 Å². The average Bonchev–Trinajstić information content (AvgIpc) is 2.48. The fraction of sp³-hybridized carbons (Fsp3) is 0.176. The molecular weight excluding hydrogens is 262 g/mol. The summed E-state index contributed by atoms with van der Waals surface area (Å²) in [5.74, 6) is 1.27. The minimum atomic E-state index is 0.0456. The number of nitrogens with two attached hydrogens (primary N) is 1. The fourth-order valence-corrected chi connectivity index (χ4v) is 2.24. The molecule has 0 aliphatic carbocycles. The molecule has 4 heteroatoms. The first-order valence-corrected chi connectivity index (χ1v) is 6.94. The van der Waals surface area contributed by atoms with Crippen molar-refractivity contribution in [2.24, 2.45) is 5.73 Å². The SMILES string of the molecule is CC(N)Cc1cc2ccccc2nc1Oc1cccnc1. The van der Waals surface area contributed by atoms with Crippen LogP contribution >= 0.6 is 0 Å². The van der Waals surface area contributed by atoms with Crippen molar-refractivity contribution in [2.75, 3.05) is 0 Å². The van der Waals surface area contributed by atoms with E-state index < -0.39 is 0 Å². The molecule has 0 aliphatic heterocycles. The summed E-state index contributed by atoms with van der Waals surface area (Å²) in [5.41, 5.74) is 7.85. The molecule has 1 aromatic carbocycles. The molecule has 3 aromatic rings. The van der Waals surface area contributed by atoms with Crippen LogP contribution in [0.25, 0.3) is 10.9 Å². The van der Waals surface area contributed by atoms with E-state index in [0.29, 0.717) is 18.1 Å². The predicted octanol–water partition coefficient (Wildman–Crippen LogP) is 3.31. The molecule has 0 fully saturated rings. The lowest BCUT2D eigenvalue weighted by Gasteiger charge is -2.13. The molecule has 0 radical (unpaired) electrons. The summed E-state index contributed by atoms with van der Waals surface area (Å²) < 4.78 is 5.89. The molecule has 0 aliphatic rings. The third-order valence-electron chi connectivity index (χ3n) is 3.15. The lowest BCUT2D eigenvalue weighted by atomic mass is 10.1. The van der Waals surface area contributed by atoms with Crippen molar-refractivity contribution < 1.29 is 4.74 Å². The van der Waals surface area contributed by atoms with Crippen molar-refractivity contribution >= 4 is 10.9 Å². The van der Waals surface area contributed by atoms with Crippen LogP contribution in [0, 0.1) is 0 Å². The molecule has 4 nitrogen and oxygen atoms in total. The molecule has 0 saturated carbocycles. The first kappa shape index (κ1) is 13.5. The summed E-state index contributed by atoms with van der Waals surface area (Å²) in [6, 6.07) is 13.8. The normalized spacial score (nSPS) is 12.3. The Morgan fingerprint density at radius 1 is 1.19 bits per heavy atom. The maximum atomic E-state index is 5.94. The Hall–Kier alpha value is -2.46. The van der Waals surface area contributed by atoms with Gasteiger partial charge in [0, 0.05) is 23.2 Å². The van der Waals surface area contributed by atoms with Gasteiger partial charge in [0.25, 0.3) is 0 Å². The van der Waals surface area contributed by atoms with Gasteiger partial charge in [0.15, 0.2) is 0 Å². The van der Waals surface area contributed by atoms with Gasteiger partial charge in [0.2, 0.25) is 5.88 Å². The van der Waals surface area contributed by atoms with Gasteiger partial charge in [-0.1, -0.05) is 18.2 Å². The lowest BCUT2D eigenvalue weighted by Crippen LogP contribution is -2.18. The minimum absolute atomic E-state index is 0.0456. The highest BCUT2D eigenvalue weighted by atomic mass is 16.5. The van der Waals surface area contributed by atoms with Crippen LogP contribution in [0.5, 0.6) is 11.6 Å². The van der Waals surface area contributed by atoms with Gasteiger partial charge in [0.05, 0.1) is 11.7 Å². The Balaban J connectivity index is 2.05. The topological polar surface area (TPSA) is 61.0 Å². The molecule has 0 amide bonds. The van der Waals surface area contributed by atoms with E-state index in [1.807, 2.05) is 43.3 Å². The smallest absolute Gasteiger partial charge is 0.223 e. The monoisotopic (exact) mass is 279 g/mol. The largest absolute Gasteiger partial charge is 0.437 e. The van der Waals surface area contributed by atoms with E-state index in [1.54, 1.807) is 12.4 Å². The Kier molecular flexibility index (Phi) is 3.79. The molecule has 2 N–H and O–H groups in total. The summed E-state index contributed by atoms with van der Waals surface area (Å²) in [5, 5.41) is 1.09. The van der Waals surface area contributed by atoms with Crippen LogP contribution < -0.4 is 10.5 Å². The van der Waals surface area contributed by atoms with E-state index in [2.05, 4.69) is 16.0 Å². The average molecular weight is 279 g/mol. The van der Waals surface area contributed by atoms with Gasteiger partial charge in [-0.25, -0.2) is 4.98 Å². The van der Waals surface area contributed by atoms with Crippen molar-refractivity contribution in [2.45, 2.75) is 19.4 Å². The van der Waals surface area contributed by atoms with Gasteiger partial charge in [-0.3, -0.25) is 4.98 Å². The number of hydrogen-bond donors (Lipinski definition) is 1. The Labute approximate surface area is 123 Å².